The minimum Gasteiger partial charge on any atom is -0.365 e. The van der Waals surface area contributed by atoms with Crippen molar-refractivity contribution in [1.29, 1.82) is 0 Å². The molecule has 5 nitrogen and oxygen atoms in total. The molecular weight excluding hydrogens is 360 g/mol. The Hall–Kier alpha value is -2.32. The summed E-state index contributed by atoms with van der Waals surface area (Å²) < 4.78 is 26.9. The fraction of sp³-hybridized carbons (Fsp3) is 0.333. The van der Waals surface area contributed by atoms with Crippen molar-refractivity contribution in [2.24, 2.45) is 5.73 Å². The van der Waals surface area contributed by atoms with Gasteiger partial charge in [-0.25, -0.2) is 8.78 Å². The summed E-state index contributed by atoms with van der Waals surface area (Å²) in [4.78, 5) is 27.5. The highest BCUT2D eigenvalue weighted by atomic mass is 32.1. The minimum absolute atomic E-state index is 0.282. The fourth-order valence-electron chi connectivity index (χ4n) is 3.06. The van der Waals surface area contributed by atoms with E-state index in [0.717, 1.165) is 29.1 Å². The van der Waals surface area contributed by atoms with Crippen molar-refractivity contribution in [3.05, 3.63) is 51.4 Å². The maximum absolute atomic E-state index is 13.8. The zero-order chi connectivity index (χ0) is 19.0. The number of benzene rings is 1. The monoisotopic (exact) mass is 379 g/mol. The highest BCUT2D eigenvalue weighted by molar-refractivity contribution is 7.17. The number of nitrogens with zero attached hydrogens (tertiary/aromatic N) is 1. The standard InChI is InChI=1S/C18H19F2N3O2S/c1-9(2)23-6-5-12-14(8-23)26-18(15(12)16(21)24)22-17(25)11-4-3-10(19)7-13(11)20/h3-4,7,9H,5-6,8H2,1-2H3,(H2,21,24)(H,22,25). The molecule has 0 unspecified atom stereocenters. The van der Waals surface area contributed by atoms with Crippen LogP contribution in [0.3, 0.4) is 0 Å². The van der Waals surface area contributed by atoms with Crippen molar-refractivity contribution < 1.29 is 18.4 Å². The number of amides is 2. The predicted octanol–water partition coefficient (Wildman–Crippen LogP) is 3.14. The lowest BCUT2D eigenvalue weighted by Gasteiger charge is -2.30. The van der Waals surface area contributed by atoms with Crippen LogP contribution in [-0.4, -0.2) is 29.3 Å². The van der Waals surface area contributed by atoms with E-state index in [1.54, 1.807) is 0 Å². The number of carbonyl (C=O) groups is 2. The van der Waals surface area contributed by atoms with E-state index in [9.17, 15) is 18.4 Å². The number of rotatable bonds is 4. The van der Waals surface area contributed by atoms with Crippen LogP contribution in [0.2, 0.25) is 0 Å². The van der Waals surface area contributed by atoms with Crippen LogP contribution in [0.5, 0.6) is 0 Å². The molecule has 3 rings (SSSR count). The number of halogens is 2. The first-order valence-electron chi connectivity index (χ1n) is 8.22. The Morgan fingerprint density at radius 3 is 2.65 bits per heavy atom. The first kappa shape index (κ1) is 18.5. The molecule has 0 radical (unpaired) electrons. The Morgan fingerprint density at radius 1 is 1.31 bits per heavy atom. The quantitative estimate of drug-likeness (QED) is 0.857. The molecule has 0 bridgehead atoms. The van der Waals surface area contributed by atoms with Gasteiger partial charge in [-0.2, -0.15) is 0 Å². The summed E-state index contributed by atoms with van der Waals surface area (Å²) in [6, 6.07) is 3.07. The van der Waals surface area contributed by atoms with E-state index < -0.39 is 23.4 Å². The summed E-state index contributed by atoms with van der Waals surface area (Å²) in [5.74, 6) is -3.10. The Bertz CT molecular complexity index is 880. The van der Waals surface area contributed by atoms with Gasteiger partial charge in [0.2, 0.25) is 0 Å². The van der Waals surface area contributed by atoms with Gasteiger partial charge in [0.25, 0.3) is 11.8 Å². The maximum atomic E-state index is 13.8. The number of hydrogen-bond donors (Lipinski definition) is 2. The number of nitrogens with one attached hydrogen (secondary N) is 1. The molecule has 1 aliphatic heterocycles. The van der Waals surface area contributed by atoms with Crippen molar-refractivity contribution in [3.63, 3.8) is 0 Å². The highest BCUT2D eigenvalue weighted by Gasteiger charge is 2.29. The molecule has 0 saturated heterocycles. The number of nitrogens with two attached hydrogens (primary N) is 1. The van der Waals surface area contributed by atoms with Gasteiger partial charge in [-0.1, -0.05) is 0 Å². The van der Waals surface area contributed by atoms with E-state index in [4.69, 9.17) is 5.73 Å². The summed E-state index contributed by atoms with van der Waals surface area (Å²) in [6.45, 7) is 5.64. The lowest BCUT2D eigenvalue weighted by molar-refractivity contribution is 0.0999. The maximum Gasteiger partial charge on any atom is 0.259 e. The second kappa shape index (κ2) is 7.13. The second-order valence-corrected chi connectivity index (χ2v) is 7.57. The Morgan fingerprint density at radius 2 is 2.04 bits per heavy atom. The Kier molecular flexibility index (Phi) is 5.06. The van der Waals surface area contributed by atoms with E-state index in [-0.39, 0.29) is 11.1 Å². The number of primary amides is 1. The van der Waals surface area contributed by atoms with Gasteiger partial charge >= 0.3 is 0 Å². The van der Waals surface area contributed by atoms with E-state index in [0.29, 0.717) is 30.1 Å². The van der Waals surface area contributed by atoms with Crippen molar-refractivity contribution in [3.8, 4) is 0 Å². The van der Waals surface area contributed by atoms with Gasteiger partial charge in [-0.05, 0) is 38.0 Å². The van der Waals surface area contributed by atoms with Gasteiger partial charge in [-0.3, -0.25) is 14.5 Å². The molecule has 0 aliphatic carbocycles. The second-order valence-electron chi connectivity index (χ2n) is 6.46. The van der Waals surface area contributed by atoms with Crippen LogP contribution in [0.15, 0.2) is 18.2 Å². The van der Waals surface area contributed by atoms with Gasteiger partial charge < -0.3 is 11.1 Å². The molecule has 2 heterocycles. The topological polar surface area (TPSA) is 75.4 Å². The molecule has 1 aliphatic rings. The normalized spacial score (nSPS) is 14.3. The minimum atomic E-state index is -0.963. The number of thiophene rings is 1. The van der Waals surface area contributed by atoms with Crippen LogP contribution >= 0.6 is 11.3 Å². The molecule has 2 amide bonds. The first-order chi connectivity index (χ1) is 12.3. The van der Waals surface area contributed by atoms with E-state index in [1.165, 1.54) is 11.3 Å². The highest BCUT2D eigenvalue weighted by Crippen LogP contribution is 2.37. The van der Waals surface area contributed by atoms with Gasteiger partial charge in [-0.15, -0.1) is 11.3 Å². The summed E-state index contributed by atoms with van der Waals surface area (Å²) in [6.07, 6.45) is 0.656. The summed E-state index contributed by atoms with van der Waals surface area (Å²) in [5, 5.41) is 2.87. The number of hydrogen-bond acceptors (Lipinski definition) is 4. The average Bonchev–Trinajstić information content (AvgIpc) is 2.91. The molecule has 2 aromatic rings. The summed E-state index contributed by atoms with van der Waals surface area (Å²) in [5.41, 5.74) is 6.35. The number of anilines is 1. The summed E-state index contributed by atoms with van der Waals surface area (Å²) in [7, 11) is 0. The third kappa shape index (κ3) is 3.47. The third-order valence-corrected chi connectivity index (χ3v) is 5.60. The largest absolute Gasteiger partial charge is 0.365 e. The smallest absolute Gasteiger partial charge is 0.259 e. The van der Waals surface area contributed by atoms with Crippen molar-refractivity contribution >= 4 is 28.2 Å². The van der Waals surface area contributed by atoms with Crippen LogP contribution in [-0.2, 0) is 13.0 Å². The Balaban J connectivity index is 1.93. The number of carbonyl (C=O) groups excluding carboxylic acids is 2. The van der Waals surface area contributed by atoms with Crippen LogP contribution in [0, 0.1) is 11.6 Å². The SMILES string of the molecule is CC(C)N1CCc2c(sc(NC(=O)c3ccc(F)cc3F)c2C(N)=O)C1. The lowest BCUT2D eigenvalue weighted by atomic mass is 10.0. The molecule has 26 heavy (non-hydrogen) atoms. The fourth-order valence-corrected chi connectivity index (χ4v) is 4.33. The molecule has 1 aromatic carbocycles. The van der Waals surface area contributed by atoms with Crippen molar-refractivity contribution in [1.82, 2.24) is 4.90 Å². The molecule has 0 atom stereocenters. The van der Waals surface area contributed by atoms with E-state index in [1.807, 2.05) is 0 Å². The lowest BCUT2D eigenvalue weighted by Crippen LogP contribution is -2.35. The average molecular weight is 379 g/mol. The van der Waals surface area contributed by atoms with Crippen molar-refractivity contribution in [2.45, 2.75) is 32.9 Å². The molecule has 8 heteroatoms. The van der Waals surface area contributed by atoms with Crippen LogP contribution in [0.4, 0.5) is 13.8 Å². The van der Waals surface area contributed by atoms with Crippen LogP contribution in [0.1, 0.15) is 45.0 Å². The molecule has 0 saturated carbocycles. The number of fused-ring (bicyclic) bond motifs is 1. The third-order valence-electron chi connectivity index (χ3n) is 4.47. The molecular formula is C18H19F2N3O2S. The zero-order valence-corrected chi connectivity index (χ0v) is 15.3. The van der Waals surface area contributed by atoms with E-state index in [2.05, 4.69) is 24.1 Å². The van der Waals surface area contributed by atoms with Crippen LogP contribution in [0.25, 0.3) is 0 Å². The van der Waals surface area contributed by atoms with Crippen molar-refractivity contribution in [2.75, 3.05) is 11.9 Å². The molecule has 1 aromatic heterocycles. The molecule has 3 N–H and O–H groups in total. The zero-order valence-electron chi connectivity index (χ0n) is 14.4. The molecule has 138 valence electrons. The van der Waals surface area contributed by atoms with E-state index >= 15 is 0 Å². The van der Waals surface area contributed by atoms with Gasteiger partial charge in [0.15, 0.2) is 0 Å². The summed E-state index contributed by atoms with van der Waals surface area (Å²) >= 11 is 1.27. The van der Waals surface area contributed by atoms with Gasteiger partial charge in [0.1, 0.15) is 16.6 Å². The predicted molar refractivity (Wildman–Crippen MR) is 96.4 cm³/mol. The molecule has 0 spiro atoms. The molecule has 0 fully saturated rings. The van der Waals surface area contributed by atoms with Gasteiger partial charge in [0, 0.05) is 30.1 Å². The van der Waals surface area contributed by atoms with Crippen LogP contribution < -0.4 is 11.1 Å². The van der Waals surface area contributed by atoms with Gasteiger partial charge in [0.05, 0.1) is 11.1 Å². The first-order valence-corrected chi connectivity index (χ1v) is 9.04. The Labute approximate surface area is 153 Å².